The predicted octanol–water partition coefficient (Wildman–Crippen LogP) is 1.13. The smallest absolute Gasteiger partial charge is 0.261 e. The first kappa shape index (κ1) is 16.8. The predicted molar refractivity (Wildman–Crippen MR) is 97.1 cm³/mol. The molecule has 0 unspecified atom stereocenters. The number of hydrogen-bond acceptors (Lipinski definition) is 6. The zero-order valence-electron chi connectivity index (χ0n) is 14.3. The van der Waals surface area contributed by atoms with Gasteiger partial charge in [-0.1, -0.05) is 0 Å². The average molecular weight is 364 g/mol. The van der Waals surface area contributed by atoms with Crippen LogP contribution in [0.15, 0.2) is 36.4 Å². The molecule has 27 heavy (non-hydrogen) atoms. The first-order chi connectivity index (χ1) is 12.9. The number of anilines is 2. The van der Waals surface area contributed by atoms with Crippen LogP contribution >= 0.6 is 0 Å². The summed E-state index contributed by atoms with van der Waals surface area (Å²) < 4.78 is 0. The Balaban J connectivity index is 1.44. The summed E-state index contributed by atoms with van der Waals surface area (Å²) in [6, 6.07) is 9.14. The summed E-state index contributed by atoms with van der Waals surface area (Å²) in [6.07, 6.45) is 0.280. The largest absolute Gasteiger partial charge is 0.399 e. The van der Waals surface area contributed by atoms with Gasteiger partial charge in [-0.3, -0.25) is 29.0 Å². The molecule has 4 rings (SSSR count). The lowest BCUT2D eigenvalue weighted by atomic mass is 10.1. The molecule has 0 saturated heterocycles. The van der Waals surface area contributed by atoms with Gasteiger partial charge in [-0.05, 0) is 42.8 Å². The molecule has 2 aromatic carbocycles. The van der Waals surface area contributed by atoms with Crippen LogP contribution in [0.2, 0.25) is 0 Å². The van der Waals surface area contributed by atoms with E-state index in [0.29, 0.717) is 22.5 Å². The lowest BCUT2D eigenvalue weighted by Gasteiger charge is -2.17. The van der Waals surface area contributed by atoms with Crippen LogP contribution in [-0.4, -0.2) is 46.5 Å². The summed E-state index contributed by atoms with van der Waals surface area (Å²) in [6.45, 7) is 0.198. The molecule has 0 saturated carbocycles. The molecule has 0 fully saturated rings. The summed E-state index contributed by atoms with van der Waals surface area (Å²) in [5, 5.41) is 0. The highest BCUT2D eigenvalue weighted by Gasteiger charge is 2.37. The van der Waals surface area contributed by atoms with E-state index in [-0.39, 0.29) is 30.6 Å². The Kier molecular flexibility index (Phi) is 3.69. The Bertz CT molecular complexity index is 949. The van der Waals surface area contributed by atoms with Gasteiger partial charge in [0.15, 0.2) is 0 Å². The topological polar surface area (TPSA) is 127 Å². The molecule has 8 nitrogen and oxygen atoms in total. The molecule has 2 heterocycles. The third-order valence-corrected chi connectivity index (χ3v) is 4.75. The molecule has 8 heteroatoms. The summed E-state index contributed by atoms with van der Waals surface area (Å²) in [5.74, 6) is -1.63. The molecule has 4 amide bonds. The minimum absolute atomic E-state index is 0.0990. The zero-order chi connectivity index (χ0) is 19.3. The fourth-order valence-electron chi connectivity index (χ4n) is 3.41. The summed E-state index contributed by atoms with van der Waals surface area (Å²) in [7, 11) is 0. The second-order valence-electron chi connectivity index (χ2n) is 6.49. The molecular formula is C19H16N4O4. The average Bonchev–Trinajstić information content (AvgIpc) is 3.01. The van der Waals surface area contributed by atoms with Crippen molar-refractivity contribution in [1.82, 2.24) is 9.80 Å². The Morgan fingerprint density at radius 1 is 0.593 bits per heavy atom. The molecule has 0 radical (unpaired) electrons. The number of nitrogens with zero attached hydrogens (tertiary/aromatic N) is 2. The van der Waals surface area contributed by atoms with Crippen molar-refractivity contribution in [3.8, 4) is 0 Å². The number of rotatable bonds is 4. The van der Waals surface area contributed by atoms with E-state index in [9.17, 15) is 19.2 Å². The van der Waals surface area contributed by atoms with E-state index in [4.69, 9.17) is 11.5 Å². The van der Waals surface area contributed by atoms with Crippen LogP contribution in [0.5, 0.6) is 0 Å². The number of hydrogen-bond donors (Lipinski definition) is 2. The van der Waals surface area contributed by atoms with Crippen LogP contribution in [0.3, 0.4) is 0 Å². The van der Waals surface area contributed by atoms with Gasteiger partial charge < -0.3 is 11.5 Å². The van der Waals surface area contributed by atoms with Crippen LogP contribution in [0.1, 0.15) is 47.9 Å². The molecule has 0 aliphatic carbocycles. The van der Waals surface area contributed by atoms with Crippen LogP contribution in [-0.2, 0) is 0 Å². The number of benzene rings is 2. The Morgan fingerprint density at radius 3 is 1.37 bits per heavy atom. The highest BCUT2D eigenvalue weighted by atomic mass is 16.2. The molecule has 2 aliphatic rings. The maximum atomic E-state index is 12.4. The van der Waals surface area contributed by atoms with Crippen molar-refractivity contribution in [2.24, 2.45) is 0 Å². The second-order valence-corrected chi connectivity index (χ2v) is 6.49. The highest BCUT2D eigenvalue weighted by molar-refractivity contribution is 6.22. The van der Waals surface area contributed by atoms with E-state index in [0.717, 1.165) is 9.80 Å². The van der Waals surface area contributed by atoms with Crippen molar-refractivity contribution in [2.45, 2.75) is 6.42 Å². The van der Waals surface area contributed by atoms with Gasteiger partial charge in [-0.15, -0.1) is 0 Å². The van der Waals surface area contributed by atoms with Gasteiger partial charge in [0.05, 0.1) is 22.3 Å². The Hall–Kier alpha value is -3.68. The van der Waals surface area contributed by atoms with Gasteiger partial charge in [0.25, 0.3) is 23.6 Å². The summed E-state index contributed by atoms with van der Waals surface area (Å²) >= 11 is 0. The standard InChI is InChI=1S/C19H16N4O4/c20-10-2-4-12-14(8-10)18(26)22(16(12)24)6-1-7-23-17(25)13-5-3-11(21)9-15(13)19(23)27/h2-5,8-9H,1,6-7,20-21H2. The van der Waals surface area contributed by atoms with Gasteiger partial charge >= 0.3 is 0 Å². The number of nitrogens with two attached hydrogens (primary N) is 2. The van der Waals surface area contributed by atoms with E-state index in [1.54, 1.807) is 12.1 Å². The number of nitrogen functional groups attached to an aromatic ring is 2. The molecular weight excluding hydrogens is 348 g/mol. The van der Waals surface area contributed by atoms with Gasteiger partial charge in [0.1, 0.15) is 0 Å². The molecule has 4 N–H and O–H groups in total. The number of imide groups is 2. The molecule has 0 aromatic heterocycles. The van der Waals surface area contributed by atoms with E-state index >= 15 is 0 Å². The van der Waals surface area contributed by atoms with Crippen LogP contribution in [0.4, 0.5) is 11.4 Å². The lowest BCUT2D eigenvalue weighted by molar-refractivity contribution is 0.0627. The van der Waals surface area contributed by atoms with Gasteiger partial charge in [0, 0.05) is 24.5 Å². The van der Waals surface area contributed by atoms with Gasteiger partial charge in [0.2, 0.25) is 0 Å². The minimum atomic E-state index is -0.419. The van der Waals surface area contributed by atoms with E-state index in [1.165, 1.54) is 24.3 Å². The SMILES string of the molecule is Nc1ccc2c(c1)C(=O)N(CCCN1C(=O)c3ccc(N)cc3C1=O)C2=O. The van der Waals surface area contributed by atoms with E-state index < -0.39 is 23.6 Å². The Morgan fingerprint density at radius 2 is 0.963 bits per heavy atom. The minimum Gasteiger partial charge on any atom is -0.399 e. The molecule has 0 atom stereocenters. The van der Waals surface area contributed by atoms with Gasteiger partial charge in [-0.2, -0.15) is 0 Å². The van der Waals surface area contributed by atoms with Crippen LogP contribution < -0.4 is 11.5 Å². The monoisotopic (exact) mass is 364 g/mol. The first-order valence-electron chi connectivity index (χ1n) is 8.40. The van der Waals surface area contributed by atoms with Crippen molar-refractivity contribution in [3.63, 3.8) is 0 Å². The normalized spacial score (nSPS) is 15.6. The van der Waals surface area contributed by atoms with Crippen molar-refractivity contribution in [3.05, 3.63) is 58.7 Å². The summed E-state index contributed by atoms with van der Waals surface area (Å²) in [4.78, 5) is 51.8. The third kappa shape index (κ3) is 2.53. The van der Waals surface area contributed by atoms with Crippen LogP contribution in [0, 0.1) is 0 Å². The third-order valence-electron chi connectivity index (χ3n) is 4.75. The quantitative estimate of drug-likeness (QED) is 0.618. The van der Waals surface area contributed by atoms with Crippen LogP contribution in [0.25, 0.3) is 0 Å². The maximum Gasteiger partial charge on any atom is 0.261 e. The zero-order valence-corrected chi connectivity index (χ0v) is 14.3. The lowest BCUT2D eigenvalue weighted by Crippen LogP contribution is -2.35. The molecule has 2 aliphatic heterocycles. The van der Waals surface area contributed by atoms with E-state index in [2.05, 4.69) is 0 Å². The number of carbonyl (C=O) groups is 4. The van der Waals surface area contributed by atoms with Crippen molar-refractivity contribution in [2.75, 3.05) is 24.6 Å². The van der Waals surface area contributed by atoms with Crippen molar-refractivity contribution < 1.29 is 19.2 Å². The second kappa shape index (κ2) is 5.94. The number of carbonyl (C=O) groups excluding carboxylic acids is 4. The fraction of sp³-hybridized carbons (Fsp3) is 0.158. The number of amides is 4. The van der Waals surface area contributed by atoms with Gasteiger partial charge in [-0.25, -0.2) is 0 Å². The fourth-order valence-corrected chi connectivity index (χ4v) is 3.41. The first-order valence-corrected chi connectivity index (χ1v) is 8.40. The molecule has 136 valence electrons. The molecule has 0 bridgehead atoms. The van der Waals surface area contributed by atoms with Crippen molar-refractivity contribution in [1.29, 1.82) is 0 Å². The van der Waals surface area contributed by atoms with Crippen molar-refractivity contribution >= 4 is 35.0 Å². The summed E-state index contributed by atoms with van der Waals surface area (Å²) in [5.41, 5.74) is 13.3. The maximum absolute atomic E-state index is 12.4. The molecule has 0 spiro atoms. The highest BCUT2D eigenvalue weighted by Crippen LogP contribution is 2.27. The molecule has 2 aromatic rings. The number of fused-ring (bicyclic) bond motifs is 2. The van der Waals surface area contributed by atoms with E-state index in [1.807, 2.05) is 0 Å². The Labute approximate surface area is 154 Å².